The topological polar surface area (TPSA) is 79.2 Å². The molecule has 2 aliphatic rings. The second kappa shape index (κ2) is 9.04. The molecule has 9 heteroatoms. The van der Waals surface area contributed by atoms with E-state index >= 15 is 0 Å². The number of carbonyl (C=O) groups is 1. The lowest BCUT2D eigenvalue weighted by Gasteiger charge is -2.35. The fourth-order valence-corrected chi connectivity index (χ4v) is 4.56. The molecule has 32 heavy (non-hydrogen) atoms. The predicted molar refractivity (Wildman–Crippen MR) is 119 cm³/mol. The van der Waals surface area contributed by atoms with Crippen LogP contribution in [0.3, 0.4) is 0 Å². The molecule has 8 nitrogen and oxygen atoms in total. The number of piperidine rings is 1. The number of nitrogens with zero attached hydrogens (tertiary/aromatic N) is 6. The van der Waals surface area contributed by atoms with E-state index in [4.69, 9.17) is 0 Å². The Morgan fingerprint density at radius 1 is 1.03 bits per heavy atom. The number of halogens is 1. The van der Waals surface area contributed by atoms with Crippen molar-refractivity contribution in [2.45, 2.75) is 18.8 Å². The van der Waals surface area contributed by atoms with Crippen LogP contribution >= 0.6 is 0 Å². The Balaban J connectivity index is 1.41. The van der Waals surface area contributed by atoms with Crippen LogP contribution < -0.4 is 10.2 Å². The number of amides is 1. The zero-order valence-corrected chi connectivity index (χ0v) is 17.8. The first-order valence-corrected chi connectivity index (χ1v) is 11.1. The first kappa shape index (κ1) is 20.6. The van der Waals surface area contributed by atoms with E-state index in [1.165, 1.54) is 12.1 Å². The summed E-state index contributed by atoms with van der Waals surface area (Å²) in [7, 11) is 0. The summed E-state index contributed by atoms with van der Waals surface area (Å²) in [6.07, 6.45) is 6.94. The summed E-state index contributed by atoms with van der Waals surface area (Å²) in [5.74, 6) is 0.546. The van der Waals surface area contributed by atoms with Crippen molar-refractivity contribution < 1.29 is 9.18 Å². The molecule has 3 aromatic rings. The molecule has 2 saturated heterocycles. The zero-order chi connectivity index (χ0) is 21.9. The summed E-state index contributed by atoms with van der Waals surface area (Å²) >= 11 is 0. The number of rotatable bonds is 4. The zero-order valence-electron chi connectivity index (χ0n) is 17.8. The Kier molecular flexibility index (Phi) is 5.81. The minimum absolute atomic E-state index is 0.0187. The molecule has 0 aliphatic carbocycles. The van der Waals surface area contributed by atoms with Gasteiger partial charge in [0.1, 0.15) is 5.82 Å². The number of benzene rings is 1. The Morgan fingerprint density at radius 2 is 1.78 bits per heavy atom. The minimum atomic E-state index is -0.318. The molecule has 1 amide bonds. The van der Waals surface area contributed by atoms with Gasteiger partial charge in [0.05, 0.1) is 23.1 Å². The summed E-state index contributed by atoms with van der Waals surface area (Å²) in [6, 6.07) is 8.17. The molecule has 5 rings (SSSR count). The third-order valence-electron chi connectivity index (χ3n) is 6.22. The van der Waals surface area contributed by atoms with Gasteiger partial charge in [-0.15, -0.1) is 0 Å². The van der Waals surface area contributed by atoms with Crippen molar-refractivity contribution >= 4 is 11.9 Å². The average Bonchev–Trinajstić information content (AvgIpc) is 3.30. The number of anilines is 1. The molecule has 0 spiro atoms. The van der Waals surface area contributed by atoms with E-state index in [2.05, 4.69) is 25.3 Å². The first-order valence-electron chi connectivity index (χ1n) is 11.1. The second-order valence-corrected chi connectivity index (χ2v) is 8.19. The highest BCUT2D eigenvalue weighted by atomic mass is 19.1. The van der Waals surface area contributed by atoms with Gasteiger partial charge in [-0.3, -0.25) is 4.79 Å². The van der Waals surface area contributed by atoms with E-state index in [0.717, 1.165) is 31.6 Å². The lowest BCUT2D eigenvalue weighted by atomic mass is 9.91. The van der Waals surface area contributed by atoms with Crippen LogP contribution in [0.25, 0.3) is 5.69 Å². The Morgan fingerprint density at radius 3 is 2.50 bits per heavy atom. The highest BCUT2D eigenvalue weighted by Gasteiger charge is 2.31. The van der Waals surface area contributed by atoms with Gasteiger partial charge in [-0.25, -0.2) is 19.0 Å². The Bertz CT molecular complexity index is 1070. The van der Waals surface area contributed by atoms with Crippen molar-refractivity contribution in [1.82, 2.24) is 30.0 Å². The van der Waals surface area contributed by atoms with E-state index in [-0.39, 0.29) is 17.6 Å². The van der Waals surface area contributed by atoms with E-state index in [1.807, 2.05) is 11.0 Å². The Hall–Kier alpha value is -3.33. The maximum Gasteiger partial charge on any atom is 0.257 e. The van der Waals surface area contributed by atoms with Gasteiger partial charge >= 0.3 is 0 Å². The standard InChI is InChI=1S/C23H26FN7O/c24-18-3-1-4-19(15-18)31-21(17-5-9-25-10-6-17)20(16-28-31)22(32)29-11-13-30(14-12-29)23-26-7-2-8-27-23/h1-4,7-8,15-17,25H,5-6,9-14H2. The molecule has 1 N–H and O–H groups in total. The van der Waals surface area contributed by atoms with Crippen molar-refractivity contribution in [3.63, 3.8) is 0 Å². The normalized spacial score (nSPS) is 17.5. The van der Waals surface area contributed by atoms with Gasteiger partial charge in [-0.2, -0.15) is 5.10 Å². The average molecular weight is 436 g/mol. The molecule has 2 fully saturated rings. The highest BCUT2D eigenvalue weighted by molar-refractivity contribution is 5.95. The maximum absolute atomic E-state index is 13.9. The van der Waals surface area contributed by atoms with Gasteiger partial charge in [0.15, 0.2) is 0 Å². The summed E-state index contributed by atoms with van der Waals surface area (Å²) in [4.78, 5) is 26.1. The van der Waals surface area contributed by atoms with Crippen LogP contribution in [0.5, 0.6) is 0 Å². The van der Waals surface area contributed by atoms with Gasteiger partial charge in [0, 0.05) is 44.5 Å². The van der Waals surface area contributed by atoms with E-state index in [9.17, 15) is 9.18 Å². The second-order valence-electron chi connectivity index (χ2n) is 8.19. The lowest BCUT2D eigenvalue weighted by Crippen LogP contribution is -2.49. The molecule has 4 heterocycles. The molecule has 0 radical (unpaired) electrons. The summed E-state index contributed by atoms with van der Waals surface area (Å²) in [5.41, 5.74) is 2.14. The van der Waals surface area contributed by atoms with E-state index in [0.29, 0.717) is 43.4 Å². The highest BCUT2D eigenvalue weighted by Crippen LogP contribution is 2.31. The third-order valence-corrected chi connectivity index (χ3v) is 6.22. The van der Waals surface area contributed by atoms with Crippen LogP contribution in [0, 0.1) is 5.82 Å². The third kappa shape index (κ3) is 4.08. The fourth-order valence-electron chi connectivity index (χ4n) is 4.56. The number of piperazine rings is 1. The molecule has 2 aliphatic heterocycles. The number of carbonyl (C=O) groups excluding carboxylic acids is 1. The molecule has 2 aromatic heterocycles. The van der Waals surface area contributed by atoms with Gasteiger partial charge in [-0.05, 0) is 50.2 Å². The van der Waals surface area contributed by atoms with Crippen LogP contribution in [-0.4, -0.2) is 69.8 Å². The van der Waals surface area contributed by atoms with Crippen molar-refractivity contribution in [2.75, 3.05) is 44.2 Å². The molecule has 166 valence electrons. The van der Waals surface area contributed by atoms with E-state index < -0.39 is 0 Å². The summed E-state index contributed by atoms with van der Waals surface area (Å²) < 4.78 is 15.7. The molecular weight excluding hydrogens is 409 g/mol. The van der Waals surface area contributed by atoms with Gasteiger partial charge < -0.3 is 15.1 Å². The molecule has 0 atom stereocenters. The predicted octanol–water partition coefficient (Wildman–Crippen LogP) is 2.23. The van der Waals surface area contributed by atoms with Crippen molar-refractivity contribution in [2.24, 2.45) is 0 Å². The summed E-state index contributed by atoms with van der Waals surface area (Å²) in [5, 5.41) is 7.91. The Labute approximate surface area is 186 Å². The number of hydrogen-bond donors (Lipinski definition) is 1. The van der Waals surface area contributed by atoms with Crippen molar-refractivity contribution in [1.29, 1.82) is 0 Å². The monoisotopic (exact) mass is 435 g/mol. The molecular formula is C23H26FN7O. The maximum atomic E-state index is 13.9. The molecule has 0 unspecified atom stereocenters. The minimum Gasteiger partial charge on any atom is -0.337 e. The quantitative estimate of drug-likeness (QED) is 0.677. The van der Waals surface area contributed by atoms with E-state index in [1.54, 1.807) is 35.4 Å². The largest absolute Gasteiger partial charge is 0.337 e. The fraction of sp³-hybridized carbons (Fsp3) is 0.391. The van der Waals surface area contributed by atoms with Gasteiger partial charge in [0.25, 0.3) is 5.91 Å². The van der Waals surface area contributed by atoms with Crippen molar-refractivity contribution in [3.05, 3.63) is 66.0 Å². The first-order chi connectivity index (χ1) is 15.7. The van der Waals surface area contributed by atoms with Crippen LogP contribution in [0.15, 0.2) is 48.9 Å². The van der Waals surface area contributed by atoms with Crippen LogP contribution in [0.2, 0.25) is 0 Å². The lowest BCUT2D eigenvalue weighted by molar-refractivity contribution is 0.0744. The number of nitrogens with one attached hydrogen (secondary N) is 1. The smallest absolute Gasteiger partial charge is 0.257 e. The van der Waals surface area contributed by atoms with Crippen LogP contribution in [0.1, 0.15) is 34.8 Å². The molecule has 0 saturated carbocycles. The van der Waals surface area contributed by atoms with Gasteiger partial charge in [-0.1, -0.05) is 6.07 Å². The SMILES string of the molecule is O=C(c1cnn(-c2cccc(F)c2)c1C1CCNCC1)N1CCN(c2ncccn2)CC1. The van der Waals surface area contributed by atoms with Crippen LogP contribution in [0.4, 0.5) is 10.3 Å². The molecule has 0 bridgehead atoms. The number of hydrogen-bond acceptors (Lipinski definition) is 6. The summed E-state index contributed by atoms with van der Waals surface area (Å²) in [6.45, 7) is 4.32. The number of aromatic nitrogens is 4. The molecule has 1 aromatic carbocycles. The van der Waals surface area contributed by atoms with Gasteiger partial charge in [0.2, 0.25) is 5.95 Å². The van der Waals surface area contributed by atoms with Crippen LogP contribution in [-0.2, 0) is 0 Å². The van der Waals surface area contributed by atoms with Crippen molar-refractivity contribution in [3.8, 4) is 5.69 Å².